The Balaban J connectivity index is 2.13. The molecule has 0 fully saturated rings. The van der Waals surface area contributed by atoms with Crippen LogP contribution in [-0.4, -0.2) is 39.3 Å². The zero-order valence-corrected chi connectivity index (χ0v) is 16.9. The van der Waals surface area contributed by atoms with Crippen LogP contribution in [0.25, 0.3) is 5.70 Å². The largest absolute Gasteiger partial charge is 0.310 e. The monoisotopic (exact) mass is 364 g/mol. The SMILES string of the molecule is CCc1cccc(C2=CC(n3cnc(C(C)C)c3)=NCC(=O)N2CC)c1C. The molecule has 0 N–H and O–H groups in total. The first-order valence-corrected chi connectivity index (χ1v) is 9.65. The summed E-state index contributed by atoms with van der Waals surface area (Å²) in [5.41, 5.74) is 5.52. The van der Waals surface area contributed by atoms with E-state index in [2.05, 4.69) is 55.9 Å². The van der Waals surface area contributed by atoms with Crippen molar-refractivity contribution in [3.8, 4) is 0 Å². The standard InChI is InChI=1S/C22H28N4O/c1-6-17-9-8-10-18(16(17)5)20-11-21(23-12-22(27)26(20)7-2)25-13-19(15(3)4)24-14-25/h8-11,13-15H,6-7,12H2,1-5H3. The van der Waals surface area contributed by atoms with Crippen LogP contribution in [-0.2, 0) is 11.2 Å². The van der Waals surface area contributed by atoms with Crippen LogP contribution < -0.4 is 0 Å². The second-order valence-electron chi connectivity index (χ2n) is 7.15. The molecular weight excluding hydrogens is 336 g/mol. The molecule has 0 radical (unpaired) electrons. The van der Waals surface area contributed by atoms with Gasteiger partial charge in [-0.15, -0.1) is 0 Å². The Morgan fingerprint density at radius 1 is 1.22 bits per heavy atom. The highest BCUT2D eigenvalue weighted by molar-refractivity contribution is 6.06. The fourth-order valence-corrected chi connectivity index (χ4v) is 3.45. The molecule has 5 heteroatoms. The Labute approximate surface area is 161 Å². The van der Waals surface area contributed by atoms with Crippen LogP contribution >= 0.6 is 0 Å². The number of hydrogen-bond acceptors (Lipinski definition) is 3. The molecule has 1 amide bonds. The van der Waals surface area contributed by atoms with Crippen molar-refractivity contribution in [3.05, 3.63) is 59.2 Å². The minimum atomic E-state index is 0.0178. The third-order valence-corrected chi connectivity index (χ3v) is 5.11. The molecule has 0 saturated carbocycles. The van der Waals surface area contributed by atoms with Gasteiger partial charge >= 0.3 is 0 Å². The summed E-state index contributed by atoms with van der Waals surface area (Å²) in [5.74, 6) is 1.11. The Morgan fingerprint density at radius 2 is 2.00 bits per heavy atom. The number of aromatic nitrogens is 2. The number of carbonyl (C=O) groups excluding carboxylic acids is 1. The Hall–Kier alpha value is -2.69. The summed E-state index contributed by atoms with van der Waals surface area (Å²) in [6.45, 7) is 11.3. The van der Waals surface area contributed by atoms with Gasteiger partial charge in [0.1, 0.15) is 18.7 Å². The van der Waals surface area contributed by atoms with Crippen molar-refractivity contribution in [2.45, 2.75) is 47.0 Å². The van der Waals surface area contributed by atoms with Gasteiger partial charge in [-0.25, -0.2) is 4.98 Å². The van der Waals surface area contributed by atoms with Crippen molar-refractivity contribution in [3.63, 3.8) is 0 Å². The Kier molecular flexibility index (Phi) is 5.59. The lowest BCUT2D eigenvalue weighted by molar-refractivity contribution is -0.126. The van der Waals surface area contributed by atoms with Crippen molar-refractivity contribution in [2.24, 2.45) is 4.99 Å². The predicted octanol–water partition coefficient (Wildman–Crippen LogP) is 4.03. The van der Waals surface area contributed by atoms with E-state index < -0.39 is 0 Å². The van der Waals surface area contributed by atoms with E-state index in [0.29, 0.717) is 12.5 Å². The van der Waals surface area contributed by atoms with Crippen LogP contribution in [0.3, 0.4) is 0 Å². The molecule has 0 bridgehead atoms. The lowest BCUT2D eigenvalue weighted by Gasteiger charge is -2.24. The van der Waals surface area contributed by atoms with Crippen molar-refractivity contribution in [2.75, 3.05) is 13.1 Å². The Bertz CT molecular complexity index is 905. The average molecular weight is 364 g/mol. The molecule has 0 aliphatic carbocycles. The van der Waals surface area contributed by atoms with Gasteiger partial charge in [-0.05, 0) is 37.3 Å². The fourth-order valence-electron chi connectivity index (χ4n) is 3.45. The zero-order valence-electron chi connectivity index (χ0n) is 16.9. The van der Waals surface area contributed by atoms with Gasteiger partial charge in [0.05, 0.1) is 11.4 Å². The van der Waals surface area contributed by atoms with Gasteiger partial charge in [0.15, 0.2) is 0 Å². The Morgan fingerprint density at radius 3 is 2.63 bits per heavy atom. The number of imidazole rings is 1. The lowest BCUT2D eigenvalue weighted by Crippen LogP contribution is -2.30. The van der Waals surface area contributed by atoms with Crippen molar-refractivity contribution < 1.29 is 4.79 Å². The quantitative estimate of drug-likeness (QED) is 0.822. The summed E-state index contributed by atoms with van der Waals surface area (Å²) < 4.78 is 1.92. The molecule has 5 nitrogen and oxygen atoms in total. The fraction of sp³-hybridized carbons (Fsp3) is 0.409. The van der Waals surface area contributed by atoms with Gasteiger partial charge in [-0.3, -0.25) is 14.4 Å². The number of benzene rings is 1. The number of rotatable bonds is 4. The molecular formula is C22H28N4O. The van der Waals surface area contributed by atoms with Gasteiger partial charge in [0.2, 0.25) is 5.91 Å². The molecule has 27 heavy (non-hydrogen) atoms. The molecule has 142 valence electrons. The second kappa shape index (κ2) is 7.91. The number of likely N-dealkylation sites (N-methyl/N-ethyl adjacent to an activating group) is 1. The average Bonchev–Trinajstić information content (AvgIpc) is 3.08. The van der Waals surface area contributed by atoms with Crippen LogP contribution in [0.1, 0.15) is 56.0 Å². The van der Waals surface area contributed by atoms with E-state index in [0.717, 1.165) is 29.2 Å². The van der Waals surface area contributed by atoms with E-state index in [1.54, 1.807) is 6.33 Å². The third-order valence-electron chi connectivity index (χ3n) is 5.11. The summed E-state index contributed by atoms with van der Waals surface area (Å²) >= 11 is 0. The third kappa shape index (κ3) is 3.72. The van der Waals surface area contributed by atoms with Crippen LogP contribution in [0.5, 0.6) is 0 Å². The van der Waals surface area contributed by atoms with Gasteiger partial charge in [0, 0.05) is 24.4 Å². The molecule has 1 aromatic heterocycles. The van der Waals surface area contributed by atoms with Crippen LogP contribution in [0, 0.1) is 6.92 Å². The van der Waals surface area contributed by atoms with E-state index in [1.165, 1.54) is 11.1 Å². The normalized spacial score (nSPS) is 15.0. The first kappa shape index (κ1) is 19.1. The topological polar surface area (TPSA) is 50.5 Å². The van der Waals surface area contributed by atoms with Gasteiger partial charge in [-0.2, -0.15) is 0 Å². The second-order valence-corrected chi connectivity index (χ2v) is 7.15. The van der Waals surface area contributed by atoms with Crippen molar-refractivity contribution in [1.29, 1.82) is 0 Å². The molecule has 1 aliphatic heterocycles. The summed E-state index contributed by atoms with van der Waals surface area (Å²) in [5, 5.41) is 0. The van der Waals surface area contributed by atoms with Crippen LogP contribution in [0.2, 0.25) is 0 Å². The maximum Gasteiger partial charge on any atom is 0.248 e. The van der Waals surface area contributed by atoms with E-state index in [4.69, 9.17) is 0 Å². The number of allylic oxidation sites excluding steroid dienone is 1. The number of aliphatic imine (C=N–C) groups is 1. The highest BCUT2D eigenvalue weighted by Gasteiger charge is 2.23. The molecule has 0 saturated heterocycles. The number of amides is 1. The number of aryl methyl sites for hydroxylation is 1. The number of hydrogen-bond donors (Lipinski definition) is 0. The van der Waals surface area contributed by atoms with Crippen LogP contribution in [0.4, 0.5) is 0 Å². The van der Waals surface area contributed by atoms with Gasteiger partial charge in [0.25, 0.3) is 0 Å². The zero-order chi connectivity index (χ0) is 19.6. The summed E-state index contributed by atoms with van der Waals surface area (Å²) in [4.78, 5) is 23.6. The van der Waals surface area contributed by atoms with Gasteiger partial charge in [-0.1, -0.05) is 39.0 Å². The highest BCUT2D eigenvalue weighted by Crippen LogP contribution is 2.27. The van der Waals surface area contributed by atoms with Gasteiger partial charge < -0.3 is 4.90 Å². The smallest absolute Gasteiger partial charge is 0.248 e. The molecule has 0 atom stereocenters. The summed E-state index contributed by atoms with van der Waals surface area (Å²) in [6, 6.07) is 6.30. The van der Waals surface area contributed by atoms with Crippen LogP contribution in [0.15, 0.2) is 41.8 Å². The number of nitrogens with zero attached hydrogens (tertiary/aromatic N) is 4. The molecule has 2 heterocycles. The molecule has 0 spiro atoms. The lowest BCUT2D eigenvalue weighted by atomic mass is 9.97. The van der Waals surface area contributed by atoms with E-state index in [9.17, 15) is 4.79 Å². The summed E-state index contributed by atoms with van der Waals surface area (Å²) in [7, 11) is 0. The highest BCUT2D eigenvalue weighted by atomic mass is 16.2. The number of carbonyl (C=O) groups is 1. The van der Waals surface area contributed by atoms with E-state index >= 15 is 0 Å². The van der Waals surface area contributed by atoms with Crippen molar-refractivity contribution >= 4 is 17.4 Å². The molecule has 1 aromatic carbocycles. The first-order chi connectivity index (χ1) is 13.0. The van der Waals surface area contributed by atoms with E-state index in [-0.39, 0.29) is 12.5 Å². The predicted molar refractivity (Wildman–Crippen MR) is 110 cm³/mol. The first-order valence-electron chi connectivity index (χ1n) is 9.65. The van der Waals surface area contributed by atoms with Crippen molar-refractivity contribution in [1.82, 2.24) is 14.5 Å². The maximum absolute atomic E-state index is 12.7. The molecule has 3 rings (SSSR count). The molecule has 0 unspecified atom stereocenters. The minimum absolute atomic E-state index is 0.0178. The minimum Gasteiger partial charge on any atom is -0.310 e. The summed E-state index contributed by atoms with van der Waals surface area (Å²) in [6.07, 6.45) is 6.76. The maximum atomic E-state index is 12.7. The molecule has 2 aromatic rings. The van der Waals surface area contributed by atoms with E-state index in [1.807, 2.05) is 28.7 Å². The molecule has 1 aliphatic rings.